The number of rotatable bonds is 12. The number of unbranched alkanes of at least 4 members (excludes halogenated alkanes) is 3. The second kappa shape index (κ2) is 29.4. The molecular formula is C35H44N6O6. The fourth-order valence-electron chi connectivity index (χ4n) is 5.34. The van der Waals surface area contributed by atoms with Crippen LogP contribution in [0, 0.1) is 21.6 Å². The highest BCUT2D eigenvalue weighted by atomic mass is 16.1. The van der Waals surface area contributed by atoms with Gasteiger partial charge in [0.2, 0.25) is 36.5 Å². The maximum Gasteiger partial charge on any atom is 0.235 e. The van der Waals surface area contributed by atoms with Crippen LogP contribution in [0.5, 0.6) is 0 Å². The lowest BCUT2D eigenvalue weighted by Gasteiger charge is -2.44. The molecule has 12 nitrogen and oxygen atoms in total. The van der Waals surface area contributed by atoms with E-state index in [4.69, 9.17) is 20.4 Å². The highest BCUT2D eigenvalue weighted by molar-refractivity contribution is 5.34. The van der Waals surface area contributed by atoms with E-state index in [0.29, 0.717) is 19.6 Å². The van der Waals surface area contributed by atoms with Crippen molar-refractivity contribution in [2.75, 3.05) is 19.6 Å². The van der Waals surface area contributed by atoms with Crippen LogP contribution in [0.2, 0.25) is 0 Å². The van der Waals surface area contributed by atoms with E-state index in [-0.39, 0.29) is 16.9 Å². The maximum absolute atomic E-state index is 10.3. The number of nitrogens with zero attached hydrogens (tertiary/aromatic N) is 4. The largest absolute Gasteiger partial charge is 0.235 e. The second-order valence-corrected chi connectivity index (χ2v) is 11.6. The fraction of sp³-hybridized carbons (Fsp3) is 0.486. The number of benzene rings is 2. The van der Waals surface area contributed by atoms with Gasteiger partial charge >= 0.3 is 0 Å². The zero-order valence-corrected chi connectivity index (χ0v) is 27.4. The number of nitrogens with one attached hydrogen (secondary N) is 2. The van der Waals surface area contributed by atoms with Gasteiger partial charge in [0.1, 0.15) is 0 Å². The van der Waals surface area contributed by atoms with Gasteiger partial charge in [0, 0.05) is 0 Å². The van der Waals surface area contributed by atoms with Gasteiger partial charge in [-0.2, -0.15) is 0 Å². The Labute approximate surface area is 276 Å². The summed E-state index contributed by atoms with van der Waals surface area (Å²) in [6, 6.07) is 21.1. The molecule has 0 amide bonds. The average Bonchev–Trinajstić information content (AvgIpc) is 3.03. The monoisotopic (exact) mass is 644 g/mol. The third-order valence-electron chi connectivity index (χ3n) is 6.70. The number of aliphatic imine (C=N–C) groups is 4. The van der Waals surface area contributed by atoms with E-state index in [9.17, 15) is 19.2 Å². The number of hydrogen-bond donors (Lipinski definition) is 2. The van der Waals surface area contributed by atoms with Crippen molar-refractivity contribution in [2.24, 2.45) is 30.8 Å². The van der Waals surface area contributed by atoms with E-state index in [2.05, 4.69) is 101 Å². The van der Waals surface area contributed by atoms with Gasteiger partial charge in [-0.05, 0) is 60.5 Å². The lowest BCUT2D eigenvalue weighted by molar-refractivity contribution is 0.0915. The lowest BCUT2D eigenvalue weighted by Crippen LogP contribution is -2.39. The van der Waals surface area contributed by atoms with Crippen molar-refractivity contribution in [3.05, 3.63) is 71.8 Å². The summed E-state index contributed by atoms with van der Waals surface area (Å²) in [7, 11) is 0. The minimum Gasteiger partial charge on any atom is -0.222 e. The number of hydrogen-bond acceptors (Lipinski definition) is 12. The van der Waals surface area contributed by atoms with Crippen LogP contribution in [-0.4, -0.2) is 62.2 Å². The van der Waals surface area contributed by atoms with Gasteiger partial charge in [-0.1, -0.05) is 94.3 Å². The van der Waals surface area contributed by atoms with E-state index < -0.39 is 0 Å². The van der Waals surface area contributed by atoms with Crippen molar-refractivity contribution >= 4 is 36.5 Å². The summed E-state index contributed by atoms with van der Waals surface area (Å²) in [5.74, 6) is 0. The predicted molar refractivity (Wildman–Crippen MR) is 178 cm³/mol. The SMILES string of the molecule is CC1(C)CC(N=C=O)CC(C)(CN=C=O)C1.N=C=O.N=C=O.O=C=NCCCCCCN=C=O.c1ccc(Cc2ccccc2)cc1. The molecule has 47 heavy (non-hydrogen) atoms. The Morgan fingerprint density at radius 1 is 0.638 bits per heavy atom. The third kappa shape index (κ3) is 26.8. The van der Waals surface area contributed by atoms with Crippen molar-refractivity contribution in [3.8, 4) is 0 Å². The van der Waals surface area contributed by atoms with Gasteiger partial charge in [0.15, 0.2) is 0 Å². The molecule has 2 aromatic rings. The van der Waals surface area contributed by atoms with Gasteiger partial charge < -0.3 is 0 Å². The molecule has 0 saturated heterocycles. The molecule has 0 aliphatic heterocycles. The first-order valence-electron chi connectivity index (χ1n) is 14.9. The fourth-order valence-corrected chi connectivity index (χ4v) is 5.34. The molecule has 250 valence electrons. The van der Waals surface area contributed by atoms with Crippen LogP contribution in [-0.2, 0) is 35.2 Å². The number of carbonyl (C=O) groups excluding carboxylic acids is 6. The minimum atomic E-state index is -0.0653. The molecule has 1 aliphatic carbocycles. The van der Waals surface area contributed by atoms with Gasteiger partial charge in [0.25, 0.3) is 0 Å². The van der Waals surface area contributed by atoms with Crippen LogP contribution in [0.15, 0.2) is 80.6 Å². The van der Waals surface area contributed by atoms with Crippen molar-refractivity contribution in [1.29, 1.82) is 10.8 Å². The molecule has 3 rings (SSSR count). The highest BCUT2D eigenvalue weighted by Crippen LogP contribution is 2.47. The van der Waals surface area contributed by atoms with E-state index >= 15 is 0 Å². The third-order valence-corrected chi connectivity index (χ3v) is 6.70. The lowest BCUT2D eigenvalue weighted by atomic mass is 9.63. The first-order valence-corrected chi connectivity index (χ1v) is 14.9. The molecular weight excluding hydrogens is 600 g/mol. The summed E-state index contributed by atoms with van der Waals surface area (Å²) in [5, 5.41) is 10.8. The second-order valence-electron chi connectivity index (χ2n) is 11.6. The van der Waals surface area contributed by atoms with E-state index in [1.165, 1.54) is 23.3 Å². The normalized spacial score (nSPS) is 16.2. The first-order chi connectivity index (χ1) is 22.6. The molecule has 2 atom stereocenters. The van der Waals surface area contributed by atoms with Gasteiger partial charge in [-0.25, -0.2) is 59.6 Å². The topological polar surface area (TPSA) is 200 Å². The smallest absolute Gasteiger partial charge is 0.222 e. The first kappa shape index (κ1) is 43.8. The Balaban J connectivity index is 0. The summed E-state index contributed by atoms with van der Waals surface area (Å²) < 4.78 is 0. The average molecular weight is 645 g/mol. The van der Waals surface area contributed by atoms with Gasteiger partial charge in [-0.15, -0.1) is 0 Å². The van der Waals surface area contributed by atoms with Gasteiger partial charge in [0.05, 0.1) is 25.7 Å². The summed E-state index contributed by atoms with van der Waals surface area (Å²) in [6.45, 7) is 7.97. The summed E-state index contributed by atoms with van der Waals surface area (Å²) in [6.07, 6.45) is 15.2. The zero-order chi connectivity index (χ0) is 35.7. The van der Waals surface area contributed by atoms with Crippen LogP contribution in [0.25, 0.3) is 0 Å². The molecule has 0 aromatic heterocycles. The van der Waals surface area contributed by atoms with Crippen LogP contribution in [0.3, 0.4) is 0 Å². The molecule has 1 saturated carbocycles. The summed E-state index contributed by atoms with van der Waals surface area (Å²) in [4.78, 5) is 70.8. The molecule has 1 fully saturated rings. The van der Waals surface area contributed by atoms with Crippen LogP contribution < -0.4 is 0 Å². The Morgan fingerprint density at radius 2 is 1.06 bits per heavy atom. The van der Waals surface area contributed by atoms with E-state index in [1.807, 2.05) is 0 Å². The quantitative estimate of drug-likeness (QED) is 0.149. The van der Waals surface area contributed by atoms with Crippen molar-refractivity contribution in [1.82, 2.24) is 0 Å². The molecule has 0 radical (unpaired) electrons. The zero-order valence-electron chi connectivity index (χ0n) is 27.4. The minimum absolute atomic E-state index is 0.00750. The molecule has 12 heteroatoms. The van der Waals surface area contributed by atoms with Crippen LogP contribution in [0.1, 0.15) is 76.8 Å². The maximum atomic E-state index is 10.3. The Hall–Kier alpha value is -5.28. The highest BCUT2D eigenvalue weighted by Gasteiger charge is 2.41. The Morgan fingerprint density at radius 3 is 1.45 bits per heavy atom. The van der Waals surface area contributed by atoms with Gasteiger partial charge in [-0.3, -0.25) is 0 Å². The molecule has 0 bridgehead atoms. The molecule has 0 spiro atoms. The van der Waals surface area contributed by atoms with Crippen LogP contribution in [0.4, 0.5) is 0 Å². The van der Waals surface area contributed by atoms with Crippen molar-refractivity contribution < 1.29 is 28.8 Å². The summed E-state index contributed by atoms with van der Waals surface area (Å²) >= 11 is 0. The van der Waals surface area contributed by atoms with E-state index in [1.54, 1.807) is 12.2 Å². The predicted octanol–water partition coefficient (Wildman–Crippen LogP) is 6.54. The molecule has 0 heterocycles. The molecule has 2 N–H and O–H groups in total. The van der Waals surface area contributed by atoms with Crippen LogP contribution >= 0.6 is 0 Å². The van der Waals surface area contributed by atoms with Crippen molar-refractivity contribution in [3.63, 3.8) is 0 Å². The number of isocyanates is 6. The Bertz CT molecular complexity index is 1310. The standard InChI is InChI=1S/C13H12.C12H18N2O2.C8H12N2O2.2CHNO/c1-3-7-12(8-4-1)11-13-9-5-2-6-10-13;1-11(2)4-10(14-9-16)5-12(3,6-11)7-13-8-15;11-7-9-5-3-1-2-4-6-10-8-12;2*2-1-3/h1-10H,11H2;10H,4-7H2,1-3H3;1-6H2;2*2H. The summed E-state index contributed by atoms with van der Waals surface area (Å²) in [5.41, 5.74) is 2.79. The van der Waals surface area contributed by atoms with E-state index in [0.717, 1.165) is 63.5 Å². The molecule has 2 aromatic carbocycles. The molecule has 1 aliphatic rings. The Kier molecular flexibility index (Phi) is 27.5. The van der Waals surface area contributed by atoms with Crippen molar-refractivity contribution in [2.45, 2.75) is 78.2 Å². The molecule has 2 unspecified atom stereocenters.